The van der Waals surface area contributed by atoms with Gasteiger partial charge in [-0.15, -0.1) is 0 Å². The number of nitrogens with zero attached hydrogens (tertiary/aromatic N) is 4. The third-order valence-electron chi connectivity index (χ3n) is 8.79. The highest BCUT2D eigenvalue weighted by atomic mass is 15.2. The molecule has 6 aromatic carbocycles. The quantitative estimate of drug-likeness (QED) is 0.122. The van der Waals surface area contributed by atoms with E-state index in [0.29, 0.717) is 0 Å². The topological polar surface area (TPSA) is 13.0 Å². The van der Waals surface area contributed by atoms with E-state index >= 15 is 0 Å². The summed E-state index contributed by atoms with van der Waals surface area (Å²) in [5.74, 6) is 0. The first-order chi connectivity index (χ1) is 24.4. The SMILES string of the molecule is C=C/C=C(\c1ccc(/C(=C\C=C)N(c2ccccc2)c2ccc(N(C)C)cc2)c2ccccc12)N(c1ccccc1)c1ccc(N(C)C)cc1. The lowest BCUT2D eigenvalue weighted by atomic mass is 9.94. The summed E-state index contributed by atoms with van der Waals surface area (Å²) in [5, 5.41) is 2.27. The van der Waals surface area contributed by atoms with Gasteiger partial charge < -0.3 is 19.6 Å². The van der Waals surface area contributed by atoms with Crippen molar-refractivity contribution in [3.8, 4) is 0 Å². The molecule has 0 spiro atoms. The number of fused-ring (bicyclic) bond motifs is 1. The van der Waals surface area contributed by atoms with Crippen LogP contribution in [-0.4, -0.2) is 28.2 Å². The fourth-order valence-electron chi connectivity index (χ4n) is 6.35. The standard InChI is InChI=1S/C46H44N4/c1-7-17-45(49(37-19-11-9-12-20-37)39-29-25-35(26-30-39)47(3)4)43-33-34-44(42-24-16-15-23-41(42)43)46(18-8-2)50(38-21-13-10-14-22-38)40-31-27-36(28-32-40)48(5)6/h7-34H,1-2H2,3-6H3/b45-17+,46-18+. The fraction of sp³-hybridized carbons (Fsp3) is 0.0870. The zero-order valence-corrected chi connectivity index (χ0v) is 29.4. The molecular formula is C46H44N4. The Morgan fingerprint density at radius 1 is 0.380 bits per heavy atom. The highest BCUT2D eigenvalue weighted by Crippen LogP contribution is 2.42. The molecule has 0 N–H and O–H groups in total. The van der Waals surface area contributed by atoms with E-state index in [1.165, 1.54) is 0 Å². The summed E-state index contributed by atoms with van der Waals surface area (Å²) < 4.78 is 0. The first-order valence-corrected chi connectivity index (χ1v) is 16.8. The van der Waals surface area contributed by atoms with Crippen molar-refractivity contribution in [1.29, 1.82) is 0 Å². The van der Waals surface area contributed by atoms with Gasteiger partial charge in [0.05, 0.1) is 11.4 Å². The summed E-state index contributed by atoms with van der Waals surface area (Å²) in [6.45, 7) is 8.30. The highest BCUT2D eigenvalue weighted by molar-refractivity contribution is 6.06. The highest BCUT2D eigenvalue weighted by Gasteiger charge is 2.23. The van der Waals surface area contributed by atoms with E-state index < -0.39 is 0 Å². The molecular weight excluding hydrogens is 609 g/mol. The molecule has 0 atom stereocenters. The van der Waals surface area contributed by atoms with E-state index in [-0.39, 0.29) is 0 Å². The molecule has 6 rings (SSSR count). The van der Waals surface area contributed by atoms with E-state index in [0.717, 1.165) is 67.4 Å². The molecule has 0 aliphatic heterocycles. The molecule has 0 aromatic heterocycles. The summed E-state index contributed by atoms with van der Waals surface area (Å²) in [6.07, 6.45) is 7.97. The largest absolute Gasteiger partial charge is 0.378 e. The van der Waals surface area contributed by atoms with E-state index in [4.69, 9.17) is 0 Å². The van der Waals surface area contributed by atoms with Crippen molar-refractivity contribution >= 4 is 56.3 Å². The van der Waals surface area contributed by atoms with Gasteiger partial charge in [-0.1, -0.05) is 98.1 Å². The average Bonchev–Trinajstić information content (AvgIpc) is 3.15. The van der Waals surface area contributed by atoms with Gasteiger partial charge in [0, 0.05) is 73.4 Å². The number of para-hydroxylation sites is 2. The Hall–Kier alpha value is -6.26. The lowest BCUT2D eigenvalue weighted by Crippen LogP contribution is -2.18. The minimum Gasteiger partial charge on any atom is -0.378 e. The van der Waals surface area contributed by atoms with Crippen LogP contribution in [-0.2, 0) is 0 Å². The van der Waals surface area contributed by atoms with Gasteiger partial charge in [0.2, 0.25) is 0 Å². The molecule has 248 valence electrons. The van der Waals surface area contributed by atoms with Crippen molar-refractivity contribution in [2.45, 2.75) is 0 Å². The number of anilines is 6. The first-order valence-electron chi connectivity index (χ1n) is 16.8. The number of hydrogen-bond donors (Lipinski definition) is 0. The van der Waals surface area contributed by atoms with Crippen LogP contribution in [0.3, 0.4) is 0 Å². The fourth-order valence-corrected chi connectivity index (χ4v) is 6.35. The van der Waals surface area contributed by atoms with Crippen molar-refractivity contribution in [1.82, 2.24) is 0 Å². The maximum atomic E-state index is 4.15. The van der Waals surface area contributed by atoms with Crippen LogP contribution < -0.4 is 19.6 Å². The van der Waals surface area contributed by atoms with Crippen molar-refractivity contribution < 1.29 is 0 Å². The van der Waals surface area contributed by atoms with E-state index in [9.17, 15) is 0 Å². The number of rotatable bonds is 12. The predicted octanol–water partition coefficient (Wildman–Crippen LogP) is 11.7. The molecule has 0 saturated carbocycles. The van der Waals surface area contributed by atoms with Gasteiger partial charge in [-0.25, -0.2) is 0 Å². The van der Waals surface area contributed by atoms with Crippen LogP contribution in [0.5, 0.6) is 0 Å². The van der Waals surface area contributed by atoms with Gasteiger partial charge in [0.25, 0.3) is 0 Å². The van der Waals surface area contributed by atoms with Crippen molar-refractivity contribution in [2.24, 2.45) is 0 Å². The first kappa shape index (κ1) is 33.6. The second kappa shape index (κ2) is 15.3. The summed E-state index contributed by atoms with van der Waals surface area (Å²) in [7, 11) is 8.25. The molecule has 0 heterocycles. The Labute approximate surface area is 297 Å². The minimum absolute atomic E-state index is 1.03. The molecule has 0 bridgehead atoms. The second-order valence-electron chi connectivity index (χ2n) is 12.4. The Morgan fingerprint density at radius 2 is 0.680 bits per heavy atom. The molecule has 50 heavy (non-hydrogen) atoms. The van der Waals surface area contributed by atoms with E-state index in [1.54, 1.807) is 0 Å². The molecule has 6 aromatic rings. The van der Waals surface area contributed by atoms with Crippen molar-refractivity contribution in [2.75, 3.05) is 47.8 Å². The Bertz CT molecular complexity index is 1970. The average molecular weight is 653 g/mol. The smallest absolute Gasteiger partial charge is 0.0540 e. The molecule has 0 fully saturated rings. The molecule has 0 aliphatic rings. The zero-order chi connectivity index (χ0) is 35.0. The van der Waals surface area contributed by atoms with Gasteiger partial charge in [-0.05, 0) is 95.7 Å². The third-order valence-corrected chi connectivity index (χ3v) is 8.79. The Balaban J connectivity index is 1.56. The van der Waals surface area contributed by atoms with Gasteiger partial charge in [0.1, 0.15) is 0 Å². The third kappa shape index (κ3) is 6.96. The molecule has 0 unspecified atom stereocenters. The van der Waals surface area contributed by atoms with Gasteiger partial charge in [0.15, 0.2) is 0 Å². The van der Waals surface area contributed by atoms with E-state index in [1.807, 2.05) is 12.2 Å². The molecule has 0 saturated heterocycles. The lowest BCUT2D eigenvalue weighted by molar-refractivity contribution is 1.13. The monoisotopic (exact) mass is 652 g/mol. The maximum absolute atomic E-state index is 4.15. The summed E-state index contributed by atoms with van der Waals surface area (Å²) in [6, 6.07) is 51.6. The molecule has 0 aliphatic carbocycles. The number of benzene rings is 6. The number of allylic oxidation sites excluding steroid dienone is 4. The maximum Gasteiger partial charge on any atom is 0.0540 e. The van der Waals surface area contributed by atoms with Crippen LogP contribution in [0.2, 0.25) is 0 Å². The van der Waals surface area contributed by atoms with Gasteiger partial charge in [-0.2, -0.15) is 0 Å². The van der Waals surface area contributed by atoms with Crippen LogP contribution in [0.15, 0.2) is 183 Å². The number of hydrogen-bond acceptors (Lipinski definition) is 4. The Kier molecular flexibility index (Phi) is 10.3. The molecule has 0 amide bonds. The van der Waals surface area contributed by atoms with Crippen LogP contribution in [0.4, 0.5) is 34.1 Å². The van der Waals surface area contributed by atoms with E-state index in [2.05, 4.69) is 219 Å². The molecule has 0 radical (unpaired) electrons. The Morgan fingerprint density at radius 3 is 1.00 bits per heavy atom. The normalized spacial score (nSPS) is 11.6. The van der Waals surface area contributed by atoms with Crippen LogP contribution in [0, 0.1) is 0 Å². The van der Waals surface area contributed by atoms with Crippen LogP contribution in [0.25, 0.3) is 22.2 Å². The predicted molar refractivity (Wildman–Crippen MR) is 219 cm³/mol. The van der Waals surface area contributed by atoms with Crippen molar-refractivity contribution in [3.05, 3.63) is 194 Å². The van der Waals surface area contributed by atoms with Crippen molar-refractivity contribution in [3.63, 3.8) is 0 Å². The second-order valence-corrected chi connectivity index (χ2v) is 12.4. The van der Waals surface area contributed by atoms with Crippen LogP contribution in [0.1, 0.15) is 11.1 Å². The summed E-state index contributed by atoms with van der Waals surface area (Å²) >= 11 is 0. The minimum atomic E-state index is 1.03. The van der Waals surface area contributed by atoms with Gasteiger partial charge in [-0.3, -0.25) is 0 Å². The zero-order valence-electron chi connectivity index (χ0n) is 29.4. The lowest BCUT2D eigenvalue weighted by Gasteiger charge is -2.31. The summed E-state index contributed by atoms with van der Waals surface area (Å²) in [5.41, 5.74) is 10.8. The summed E-state index contributed by atoms with van der Waals surface area (Å²) in [4.78, 5) is 8.86. The molecule has 4 nitrogen and oxygen atoms in total. The van der Waals surface area contributed by atoms with Crippen LogP contribution >= 0.6 is 0 Å². The molecule has 4 heteroatoms. The van der Waals surface area contributed by atoms with Gasteiger partial charge >= 0.3 is 0 Å².